The van der Waals surface area contributed by atoms with Crippen LogP contribution in [0.2, 0.25) is 0 Å². The van der Waals surface area contributed by atoms with Gasteiger partial charge in [-0.15, -0.1) is 11.6 Å². The van der Waals surface area contributed by atoms with Crippen molar-refractivity contribution < 1.29 is 18.3 Å². The fourth-order valence-electron chi connectivity index (χ4n) is 2.09. The van der Waals surface area contributed by atoms with Gasteiger partial charge >= 0.3 is 0 Å². The molecule has 5 heteroatoms. The van der Waals surface area contributed by atoms with Crippen LogP contribution in [-0.2, 0) is 6.42 Å². The van der Waals surface area contributed by atoms with Crippen molar-refractivity contribution >= 4 is 11.6 Å². The van der Waals surface area contributed by atoms with E-state index in [-0.39, 0.29) is 12.0 Å². The number of rotatable bonds is 5. The summed E-state index contributed by atoms with van der Waals surface area (Å²) >= 11 is 6.31. The van der Waals surface area contributed by atoms with Gasteiger partial charge in [-0.1, -0.05) is 12.1 Å². The molecule has 0 bridgehead atoms. The van der Waals surface area contributed by atoms with Gasteiger partial charge in [-0.3, -0.25) is 0 Å². The monoisotopic (exact) mass is 312 g/mol. The SMILES string of the molecule is COc1ccc(C(Cl)Cc2c(F)cccc2F)c(OC)c1. The molecule has 112 valence electrons. The Morgan fingerprint density at radius 2 is 1.71 bits per heavy atom. The van der Waals surface area contributed by atoms with E-state index in [2.05, 4.69) is 0 Å². The highest BCUT2D eigenvalue weighted by atomic mass is 35.5. The number of hydrogen-bond acceptors (Lipinski definition) is 2. The van der Waals surface area contributed by atoms with Gasteiger partial charge in [0.1, 0.15) is 23.1 Å². The average Bonchev–Trinajstić information content (AvgIpc) is 2.50. The van der Waals surface area contributed by atoms with Crippen molar-refractivity contribution in [3.63, 3.8) is 0 Å². The first-order valence-electron chi connectivity index (χ1n) is 6.35. The van der Waals surface area contributed by atoms with E-state index in [0.29, 0.717) is 17.1 Å². The highest BCUT2D eigenvalue weighted by molar-refractivity contribution is 6.21. The maximum atomic E-state index is 13.7. The second-order valence-corrected chi connectivity index (χ2v) is 5.01. The van der Waals surface area contributed by atoms with Gasteiger partial charge in [0.2, 0.25) is 0 Å². The normalized spacial score (nSPS) is 12.0. The van der Waals surface area contributed by atoms with Crippen LogP contribution in [0, 0.1) is 11.6 Å². The molecule has 2 aromatic carbocycles. The fraction of sp³-hybridized carbons (Fsp3) is 0.250. The van der Waals surface area contributed by atoms with Crippen LogP contribution in [0.25, 0.3) is 0 Å². The smallest absolute Gasteiger partial charge is 0.129 e. The Bertz CT molecular complexity index is 611. The van der Waals surface area contributed by atoms with Crippen LogP contribution >= 0.6 is 11.6 Å². The summed E-state index contributed by atoms with van der Waals surface area (Å²) in [5, 5.41) is -0.614. The zero-order chi connectivity index (χ0) is 15.4. The molecule has 0 heterocycles. The van der Waals surface area contributed by atoms with Gasteiger partial charge in [0, 0.05) is 17.2 Å². The summed E-state index contributed by atoms with van der Waals surface area (Å²) < 4.78 is 37.7. The number of alkyl halides is 1. The molecule has 0 aliphatic heterocycles. The molecule has 0 amide bonds. The first-order chi connectivity index (χ1) is 10.1. The number of hydrogen-bond donors (Lipinski definition) is 0. The van der Waals surface area contributed by atoms with Gasteiger partial charge in [-0.2, -0.15) is 0 Å². The molecule has 0 saturated carbocycles. The van der Waals surface area contributed by atoms with Gasteiger partial charge in [0.25, 0.3) is 0 Å². The fourth-order valence-corrected chi connectivity index (χ4v) is 2.43. The molecule has 2 nitrogen and oxygen atoms in total. The predicted octanol–water partition coefficient (Wildman–Crippen LogP) is 4.50. The highest BCUT2D eigenvalue weighted by Gasteiger charge is 2.19. The lowest BCUT2D eigenvalue weighted by molar-refractivity contribution is 0.390. The predicted molar refractivity (Wildman–Crippen MR) is 78.2 cm³/mol. The molecule has 0 fully saturated rings. The third-order valence-electron chi connectivity index (χ3n) is 3.22. The third kappa shape index (κ3) is 3.45. The molecule has 1 atom stereocenters. The highest BCUT2D eigenvalue weighted by Crippen LogP contribution is 2.35. The van der Waals surface area contributed by atoms with Crippen molar-refractivity contribution in [1.29, 1.82) is 0 Å². The molecular weight excluding hydrogens is 298 g/mol. The summed E-state index contributed by atoms with van der Waals surface area (Å²) in [6.45, 7) is 0. The topological polar surface area (TPSA) is 18.5 Å². The largest absolute Gasteiger partial charge is 0.497 e. The molecular formula is C16H15ClF2O2. The van der Waals surface area contributed by atoms with E-state index in [9.17, 15) is 8.78 Å². The second kappa shape index (κ2) is 6.76. The molecule has 0 spiro atoms. The summed E-state index contributed by atoms with van der Waals surface area (Å²) in [6.07, 6.45) is 0.0305. The summed E-state index contributed by atoms with van der Waals surface area (Å²) in [5.74, 6) is -0.0658. The van der Waals surface area contributed by atoms with Gasteiger partial charge < -0.3 is 9.47 Å². The van der Waals surface area contributed by atoms with Crippen LogP contribution in [0.1, 0.15) is 16.5 Å². The zero-order valence-electron chi connectivity index (χ0n) is 11.7. The molecule has 2 aromatic rings. The van der Waals surface area contributed by atoms with Crippen molar-refractivity contribution in [3.05, 3.63) is 59.2 Å². The van der Waals surface area contributed by atoms with Crippen molar-refractivity contribution in [2.24, 2.45) is 0 Å². The molecule has 2 rings (SSSR count). The van der Waals surface area contributed by atoms with E-state index in [0.717, 1.165) is 0 Å². The minimum absolute atomic E-state index is 0.0305. The van der Waals surface area contributed by atoms with Crippen LogP contribution in [0.5, 0.6) is 11.5 Å². The van der Waals surface area contributed by atoms with Crippen molar-refractivity contribution in [2.75, 3.05) is 14.2 Å². The summed E-state index contributed by atoms with van der Waals surface area (Å²) in [4.78, 5) is 0. The molecule has 0 aromatic heterocycles. The maximum Gasteiger partial charge on any atom is 0.129 e. The van der Waals surface area contributed by atoms with Gasteiger partial charge in [0.05, 0.1) is 19.6 Å². The number of halogens is 3. The Hall–Kier alpha value is -1.81. The van der Waals surface area contributed by atoms with Crippen LogP contribution in [-0.4, -0.2) is 14.2 Å². The van der Waals surface area contributed by atoms with Crippen LogP contribution in [0.4, 0.5) is 8.78 Å². The summed E-state index contributed by atoms with van der Waals surface area (Å²) in [6, 6.07) is 8.90. The second-order valence-electron chi connectivity index (χ2n) is 4.48. The lowest BCUT2D eigenvalue weighted by atomic mass is 10.0. The minimum atomic E-state index is -0.614. The molecule has 1 unspecified atom stereocenters. The van der Waals surface area contributed by atoms with Crippen molar-refractivity contribution in [3.8, 4) is 11.5 Å². The van der Waals surface area contributed by atoms with Crippen LogP contribution < -0.4 is 9.47 Å². The first-order valence-corrected chi connectivity index (χ1v) is 6.79. The van der Waals surface area contributed by atoms with Crippen molar-refractivity contribution in [1.82, 2.24) is 0 Å². The quantitative estimate of drug-likeness (QED) is 0.757. The van der Waals surface area contributed by atoms with Gasteiger partial charge in [-0.25, -0.2) is 8.78 Å². The molecule has 0 N–H and O–H groups in total. The first kappa shape index (κ1) is 15.6. The van der Waals surface area contributed by atoms with E-state index >= 15 is 0 Å². The van der Waals surface area contributed by atoms with E-state index < -0.39 is 17.0 Å². The Labute approximate surface area is 127 Å². The van der Waals surface area contributed by atoms with Crippen LogP contribution in [0.3, 0.4) is 0 Å². The Balaban J connectivity index is 2.30. The molecule has 0 aliphatic carbocycles. The standard InChI is InChI=1S/C16H15ClF2O2/c1-20-10-6-7-11(16(8-10)21-2)13(17)9-12-14(18)4-3-5-15(12)19/h3-8,13H,9H2,1-2H3. The molecule has 21 heavy (non-hydrogen) atoms. The number of methoxy groups -OCH3 is 2. The Morgan fingerprint density at radius 3 is 2.29 bits per heavy atom. The lowest BCUT2D eigenvalue weighted by Crippen LogP contribution is -2.03. The van der Waals surface area contributed by atoms with Crippen LogP contribution in [0.15, 0.2) is 36.4 Å². The molecule has 0 saturated heterocycles. The zero-order valence-corrected chi connectivity index (χ0v) is 12.5. The van der Waals surface area contributed by atoms with E-state index in [1.165, 1.54) is 25.3 Å². The molecule has 0 radical (unpaired) electrons. The number of ether oxygens (including phenoxy) is 2. The van der Waals surface area contributed by atoms with Gasteiger partial charge in [-0.05, 0) is 24.6 Å². The summed E-state index contributed by atoms with van der Waals surface area (Å²) in [5.41, 5.74) is 0.623. The maximum absolute atomic E-state index is 13.7. The minimum Gasteiger partial charge on any atom is -0.497 e. The van der Waals surface area contributed by atoms with E-state index in [4.69, 9.17) is 21.1 Å². The third-order valence-corrected chi connectivity index (χ3v) is 3.61. The lowest BCUT2D eigenvalue weighted by Gasteiger charge is -2.16. The Kier molecular flexibility index (Phi) is 5.02. The van der Waals surface area contributed by atoms with Gasteiger partial charge in [0.15, 0.2) is 0 Å². The van der Waals surface area contributed by atoms with E-state index in [1.54, 1.807) is 25.3 Å². The number of benzene rings is 2. The van der Waals surface area contributed by atoms with E-state index in [1.807, 2.05) is 0 Å². The molecule has 0 aliphatic rings. The Morgan fingerprint density at radius 1 is 1.05 bits per heavy atom. The van der Waals surface area contributed by atoms with Crippen molar-refractivity contribution in [2.45, 2.75) is 11.8 Å². The summed E-state index contributed by atoms with van der Waals surface area (Å²) in [7, 11) is 3.05. The average molecular weight is 313 g/mol.